The van der Waals surface area contributed by atoms with Crippen molar-refractivity contribution in [2.24, 2.45) is 0 Å². The summed E-state index contributed by atoms with van der Waals surface area (Å²) < 4.78 is 10.9. The highest BCUT2D eigenvalue weighted by Crippen LogP contribution is 2.30. The fraction of sp³-hybridized carbons (Fsp3) is 0.500. The van der Waals surface area contributed by atoms with Gasteiger partial charge in [-0.1, -0.05) is 10.9 Å². The van der Waals surface area contributed by atoms with Gasteiger partial charge in [0.25, 0.3) is 0 Å². The molecule has 0 saturated carbocycles. The minimum Gasteiger partial charge on any atom is -0.487 e. The summed E-state index contributed by atoms with van der Waals surface area (Å²) in [7, 11) is 2.09. The van der Waals surface area contributed by atoms with E-state index in [2.05, 4.69) is 7.28 Å². The minimum absolute atomic E-state index is 0.678. The van der Waals surface area contributed by atoms with Crippen molar-refractivity contribution in [3.63, 3.8) is 0 Å². The van der Waals surface area contributed by atoms with Crippen molar-refractivity contribution in [2.75, 3.05) is 13.2 Å². The van der Waals surface area contributed by atoms with E-state index in [9.17, 15) is 0 Å². The predicted molar refractivity (Wildman–Crippen MR) is 43.1 cm³/mol. The number of hydrogen-bond donors (Lipinski definition) is 0. The first kappa shape index (κ1) is 6.83. The third-order valence-electron chi connectivity index (χ3n) is 1.93. The molecule has 0 bridgehead atoms. The molecular weight excluding hydrogens is 139 g/mol. The molecule has 0 amide bonds. The van der Waals surface area contributed by atoms with Crippen LogP contribution in [0.25, 0.3) is 0 Å². The second-order valence-corrected chi connectivity index (χ2v) is 2.87. The van der Waals surface area contributed by atoms with Crippen LogP contribution in [0.4, 0.5) is 0 Å². The van der Waals surface area contributed by atoms with E-state index >= 15 is 0 Å². The van der Waals surface area contributed by atoms with Crippen LogP contribution < -0.4 is 0 Å². The van der Waals surface area contributed by atoms with Crippen LogP contribution in [0.15, 0.2) is 22.5 Å². The van der Waals surface area contributed by atoms with Gasteiger partial charge in [0.1, 0.15) is 13.2 Å². The topological polar surface area (TPSA) is 18.5 Å². The van der Waals surface area contributed by atoms with E-state index in [-0.39, 0.29) is 0 Å². The van der Waals surface area contributed by atoms with Crippen molar-refractivity contribution in [3.8, 4) is 0 Å². The Kier molecular flexibility index (Phi) is 1.45. The highest BCUT2D eigenvalue weighted by Gasteiger charge is 2.25. The quantitative estimate of drug-likeness (QED) is 0.482. The Balaban J connectivity index is 2.35. The maximum Gasteiger partial charge on any atom is 0.189 e. The van der Waals surface area contributed by atoms with Crippen molar-refractivity contribution >= 4 is 7.28 Å². The van der Waals surface area contributed by atoms with Gasteiger partial charge in [-0.25, -0.2) is 0 Å². The maximum atomic E-state index is 5.45. The smallest absolute Gasteiger partial charge is 0.189 e. The zero-order valence-corrected chi connectivity index (χ0v) is 6.81. The Labute approximate surface area is 67.1 Å². The van der Waals surface area contributed by atoms with Crippen LogP contribution in [0, 0.1) is 0 Å². The van der Waals surface area contributed by atoms with Crippen LogP contribution in [-0.2, 0) is 9.47 Å². The van der Waals surface area contributed by atoms with Crippen LogP contribution in [0.2, 0.25) is 0 Å². The molecule has 0 unspecified atom stereocenters. The van der Waals surface area contributed by atoms with E-state index in [1.807, 2.05) is 13.8 Å². The zero-order chi connectivity index (χ0) is 7.84. The Morgan fingerprint density at radius 2 is 1.45 bits per heavy atom. The zero-order valence-electron chi connectivity index (χ0n) is 6.81. The Hall–Kier alpha value is -0.855. The molecule has 1 fully saturated rings. The second kappa shape index (κ2) is 2.33. The van der Waals surface area contributed by atoms with Gasteiger partial charge in [0.05, 0.1) is 0 Å². The van der Waals surface area contributed by atoms with Gasteiger partial charge in [0.2, 0.25) is 0 Å². The van der Waals surface area contributed by atoms with Gasteiger partial charge >= 0.3 is 0 Å². The number of hydrogen-bond acceptors (Lipinski definition) is 2. The molecule has 0 N–H and O–H groups in total. The van der Waals surface area contributed by atoms with Gasteiger partial charge in [-0.2, -0.15) is 0 Å². The molecule has 1 saturated heterocycles. The molecule has 2 heterocycles. The summed E-state index contributed by atoms with van der Waals surface area (Å²) in [6, 6.07) is 0. The van der Waals surface area contributed by atoms with Crippen molar-refractivity contribution in [1.29, 1.82) is 0 Å². The molecule has 2 rings (SSSR count). The van der Waals surface area contributed by atoms with Gasteiger partial charge < -0.3 is 9.47 Å². The summed E-state index contributed by atoms with van der Waals surface area (Å²) in [6.07, 6.45) is 0. The fourth-order valence-corrected chi connectivity index (χ4v) is 1.46. The molecule has 0 aromatic rings. The summed E-state index contributed by atoms with van der Waals surface area (Å²) in [5.74, 6) is 1.88. The number of fused-ring (bicyclic) bond motifs is 1. The molecule has 0 aromatic heterocycles. The van der Waals surface area contributed by atoms with Gasteiger partial charge in [-0.15, -0.1) is 0 Å². The van der Waals surface area contributed by atoms with Gasteiger partial charge in [0, 0.05) is 0 Å². The third-order valence-corrected chi connectivity index (χ3v) is 1.93. The van der Waals surface area contributed by atoms with Crippen molar-refractivity contribution < 1.29 is 9.47 Å². The normalized spacial score (nSPS) is 22.4. The average molecular weight is 149 g/mol. The summed E-state index contributed by atoms with van der Waals surface area (Å²) in [4.78, 5) is 0. The highest BCUT2D eigenvalue weighted by atomic mass is 16.6. The van der Waals surface area contributed by atoms with Crippen LogP contribution >= 0.6 is 0 Å². The van der Waals surface area contributed by atoms with Crippen molar-refractivity contribution in [3.05, 3.63) is 22.5 Å². The molecule has 2 aliphatic heterocycles. The Morgan fingerprint density at radius 3 is 1.91 bits per heavy atom. The molecule has 1 radical (unpaired) electrons. The monoisotopic (exact) mass is 149 g/mol. The lowest BCUT2D eigenvalue weighted by atomic mass is 9.67. The molecule has 2 nitrogen and oxygen atoms in total. The summed E-state index contributed by atoms with van der Waals surface area (Å²) in [6.45, 7) is 5.44. The number of ether oxygens (including phenoxy) is 2. The molecule has 57 valence electrons. The van der Waals surface area contributed by atoms with Gasteiger partial charge in [-0.3, -0.25) is 0 Å². The van der Waals surface area contributed by atoms with Crippen LogP contribution in [0.3, 0.4) is 0 Å². The standard InChI is InChI=1S/C8H10BO2/c1-5-7-8(6(2)9-5)11-4-3-10-7/h3-4H2,1-2H3. The lowest BCUT2D eigenvalue weighted by Crippen LogP contribution is -2.13. The SMILES string of the molecule is CC1=C2OCCOC2=C(C)[B]1. The van der Waals surface area contributed by atoms with Crippen molar-refractivity contribution in [1.82, 2.24) is 0 Å². The Morgan fingerprint density at radius 1 is 1.00 bits per heavy atom. The number of rotatable bonds is 0. The summed E-state index contributed by atoms with van der Waals surface area (Å²) >= 11 is 0. The minimum atomic E-state index is 0.678. The van der Waals surface area contributed by atoms with E-state index in [4.69, 9.17) is 9.47 Å². The first-order chi connectivity index (χ1) is 5.29. The molecule has 3 heteroatoms. The van der Waals surface area contributed by atoms with Gasteiger partial charge in [0.15, 0.2) is 18.8 Å². The van der Waals surface area contributed by atoms with E-state index in [0.717, 1.165) is 11.5 Å². The fourth-order valence-electron chi connectivity index (χ4n) is 1.46. The molecule has 0 spiro atoms. The summed E-state index contributed by atoms with van der Waals surface area (Å²) in [5, 5.41) is 0. The largest absolute Gasteiger partial charge is 0.487 e. The predicted octanol–water partition coefficient (Wildman–Crippen LogP) is 1.21. The maximum absolute atomic E-state index is 5.45. The average Bonchev–Trinajstić information content (AvgIpc) is 2.30. The lowest BCUT2D eigenvalue weighted by molar-refractivity contribution is 0.0591. The molecular formula is C8H10BO2. The van der Waals surface area contributed by atoms with E-state index in [0.29, 0.717) is 13.2 Å². The van der Waals surface area contributed by atoms with Crippen molar-refractivity contribution in [2.45, 2.75) is 13.8 Å². The lowest BCUT2D eigenvalue weighted by Gasteiger charge is -2.20. The van der Waals surface area contributed by atoms with E-state index < -0.39 is 0 Å². The number of allylic oxidation sites excluding steroid dienone is 2. The van der Waals surface area contributed by atoms with Crippen LogP contribution in [0.1, 0.15) is 13.8 Å². The third kappa shape index (κ3) is 0.952. The van der Waals surface area contributed by atoms with E-state index in [1.165, 1.54) is 10.9 Å². The molecule has 11 heavy (non-hydrogen) atoms. The molecule has 2 aliphatic rings. The van der Waals surface area contributed by atoms with Crippen LogP contribution in [-0.4, -0.2) is 20.5 Å². The second-order valence-electron chi connectivity index (χ2n) is 2.87. The van der Waals surface area contributed by atoms with Crippen LogP contribution in [0.5, 0.6) is 0 Å². The molecule has 0 aromatic carbocycles. The first-order valence-corrected chi connectivity index (χ1v) is 3.81. The van der Waals surface area contributed by atoms with Gasteiger partial charge in [-0.05, 0) is 13.8 Å². The highest BCUT2D eigenvalue weighted by molar-refractivity contribution is 6.55. The first-order valence-electron chi connectivity index (χ1n) is 3.81. The summed E-state index contributed by atoms with van der Waals surface area (Å²) in [5.41, 5.74) is 2.36. The van der Waals surface area contributed by atoms with E-state index in [1.54, 1.807) is 0 Å². The molecule has 0 aliphatic carbocycles. The molecule has 0 atom stereocenters. The Bertz CT molecular complexity index is 227.